The molecule has 0 spiro atoms. The van der Waals surface area contributed by atoms with Crippen LogP contribution in [0.1, 0.15) is 103 Å². The minimum absolute atomic E-state index is 0.123. The summed E-state index contributed by atoms with van der Waals surface area (Å²) in [5, 5.41) is 0. The van der Waals surface area contributed by atoms with Gasteiger partial charge in [0.25, 0.3) is 0 Å². The van der Waals surface area contributed by atoms with E-state index in [2.05, 4.69) is 6.92 Å². The van der Waals surface area contributed by atoms with Crippen LogP contribution in [0.3, 0.4) is 0 Å². The van der Waals surface area contributed by atoms with Gasteiger partial charge >= 0.3 is 5.97 Å². The molecule has 0 heterocycles. The number of alkyl halides is 2. The number of esters is 1. The molecular weight excluding hydrogens is 331 g/mol. The third-order valence-corrected chi connectivity index (χ3v) is 4.52. The summed E-state index contributed by atoms with van der Waals surface area (Å²) in [5.74, 6) is -0.123. The van der Waals surface area contributed by atoms with Gasteiger partial charge in [-0.15, -0.1) is 23.2 Å². The molecule has 4 heteroatoms. The van der Waals surface area contributed by atoms with Crippen LogP contribution < -0.4 is 0 Å². The van der Waals surface area contributed by atoms with Crippen molar-refractivity contribution in [3.8, 4) is 0 Å². The lowest BCUT2D eigenvalue weighted by atomic mass is 10.0. The standard InChI is InChI=1S/C19H36Cl2O2/c1-2-3-4-5-6-7-8-9-10-11-12-13-14-15-19(22)23-17-16-18(20)21/h18H,2-17H2,1H3. The summed E-state index contributed by atoms with van der Waals surface area (Å²) in [7, 11) is 0. The first-order valence-electron chi connectivity index (χ1n) is 9.60. The average Bonchev–Trinajstić information content (AvgIpc) is 2.51. The molecule has 0 aliphatic heterocycles. The zero-order chi connectivity index (χ0) is 17.2. The summed E-state index contributed by atoms with van der Waals surface area (Å²) >= 11 is 11.1. The summed E-state index contributed by atoms with van der Waals surface area (Å²) in [6.07, 6.45) is 18.1. The van der Waals surface area contributed by atoms with Crippen molar-refractivity contribution >= 4 is 29.2 Å². The number of carbonyl (C=O) groups excluding carboxylic acids is 1. The Labute approximate surface area is 153 Å². The lowest BCUT2D eigenvalue weighted by molar-refractivity contribution is -0.143. The van der Waals surface area contributed by atoms with Crippen LogP contribution in [-0.4, -0.2) is 17.4 Å². The molecule has 0 aromatic carbocycles. The van der Waals surface area contributed by atoms with Crippen LogP contribution in [0.15, 0.2) is 0 Å². The van der Waals surface area contributed by atoms with Crippen molar-refractivity contribution in [2.24, 2.45) is 0 Å². The Hall–Kier alpha value is 0.0500. The normalized spacial score (nSPS) is 11.1. The van der Waals surface area contributed by atoms with E-state index in [0.717, 1.165) is 12.8 Å². The molecular formula is C19H36Cl2O2. The SMILES string of the molecule is CCCCCCCCCCCCCCCC(=O)OCCC(Cl)Cl. The van der Waals surface area contributed by atoms with Gasteiger partial charge in [0.2, 0.25) is 0 Å². The average molecular weight is 367 g/mol. The lowest BCUT2D eigenvalue weighted by Crippen LogP contribution is -2.07. The van der Waals surface area contributed by atoms with Crippen molar-refractivity contribution < 1.29 is 9.53 Å². The summed E-state index contributed by atoms with van der Waals surface area (Å²) < 4.78 is 5.05. The molecule has 0 saturated heterocycles. The molecule has 0 radical (unpaired) electrons. The van der Waals surface area contributed by atoms with Crippen LogP contribution in [-0.2, 0) is 9.53 Å². The van der Waals surface area contributed by atoms with E-state index in [1.54, 1.807) is 0 Å². The number of carbonyl (C=O) groups is 1. The predicted octanol–water partition coefficient (Wildman–Crippen LogP) is 7.20. The van der Waals surface area contributed by atoms with E-state index in [0.29, 0.717) is 19.4 Å². The molecule has 0 amide bonds. The molecule has 23 heavy (non-hydrogen) atoms. The lowest BCUT2D eigenvalue weighted by Gasteiger charge is -2.05. The first-order chi connectivity index (χ1) is 11.2. The summed E-state index contributed by atoms with van der Waals surface area (Å²) in [6, 6.07) is 0. The summed E-state index contributed by atoms with van der Waals surface area (Å²) in [5.41, 5.74) is 0. The summed E-state index contributed by atoms with van der Waals surface area (Å²) in [6.45, 7) is 2.59. The number of hydrogen-bond acceptors (Lipinski definition) is 2. The highest BCUT2D eigenvalue weighted by Crippen LogP contribution is 2.13. The van der Waals surface area contributed by atoms with Crippen LogP contribution >= 0.6 is 23.2 Å². The minimum Gasteiger partial charge on any atom is -0.466 e. The van der Waals surface area contributed by atoms with Crippen molar-refractivity contribution in [3.63, 3.8) is 0 Å². The van der Waals surface area contributed by atoms with Crippen LogP contribution in [0.25, 0.3) is 0 Å². The van der Waals surface area contributed by atoms with Gasteiger partial charge in [-0.3, -0.25) is 4.79 Å². The van der Waals surface area contributed by atoms with E-state index < -0.39 is 4.84 Å². The molecule has 0 fully saturated rings. The van der Waals surface area contributed by atoms with E-state index in [1.807, 2.05) is 0 Å². The molecule has 0 bridgehead atoms. The molecule has 2 nitrogen and oxygen atoms in total. The highest BCUT2D eigenvalue weighted by molar-refractivity contribution is 6.44. The second kappa shape index (κ2) is 18.4. The summed E-state index contributed by atoms with van der Waals surface area (Å²) in [4.78, 5) is 11.0. The van der Waals surface area contributed by atoms with Crippen LogP contribution in [0.4, 0.5) is 0 Å². The Morgan fingerprint density at radius 2 is 1.22 bits per heavy atom. The van der Waals surface area contributed by atoms with Gasteiger partial charge in [0, 0.05) is 12.8 Å². The number of halogens is 2. The van der Waals surface area contributed by atoms with Gasteiger partial charge in [-0.05, 0) is 6.42 Å². The Kier molecular flexibility index (Phi) is 18.4. The predicted molar refractivity (Wildman–Crippen MR) is 101 cm³/mol. The third kappa shape index (κ3) is 20.0. The smallest absolute Gasteiger partial charge is 0.305 e. The largest absolute Gasteiger partial charge is 0.466 e. The topological polar surface area (TPSA) is 26.3 Å². The Morgan fingerprint density at radius 3 is 1.65 bits per heavy atom. The van der Waals surface area contributed by atoms with E-state index in [-0.39, 0.29) is 5.97 Å². The Balaban J connectivity index is 3.11. The molecule has 138 valence electrons. The fourth-order valence-electron chi connectivity index (χ4n) is 2.62. The van der Waals surface area contributed by atoms with Crippen LogP contribution in [0.5, 0.6) is 0 Å². The Bertz CT molecular complexity index is 258. The van der Waals surface area contributed by atoms with Gasteiger partial charge < -0.3 is 4.74 Å². The maximum Gasteiger partial charge on any atom is 0.305 e. The molecule has 0 N–H and O–H groups in total. The first kappa shape index (κ1) is 23.1. The highest BCUT2D eigenvalue weighted by atomic mass is 35.5. The maximum atomic E-state index is 11.4. The van der Waals surface area contributed by atoms with E-state index in [1.165, 1.54) is 70.6 Å². The molecule has 0 saturated carbocycles. The molecule has 0 aromatic heterocycles. The van der Waals surface area contributed by atoms with E-state index in [4.69, 9.17) is 27.9 Å². The van der Waals surface area contributed by atoms with Crippen LogP contribution in [0, 0.1) is 0 Å². The third-order valence-electron chi connectivity index (χ3n) is 4.08. The van der Waals surface area contributed by atoms with Crippen molar-refractivity contribution in [1.29, 1.82) is 0 Å². The fraction of sp³-hybridized carbons (Fsp3) is 0.947. The maximum absolute atomic E-state index is 11.4. The zero-order valence-electron chi connectivity index (χ0n) is 15.0. The van der Waals surface area contributed by atoms with Gasteiger partial charge in [-0.2, -0.15) is 0 Å². The number of hydrogen-bond donors (Lipinski definition) is 0. The van der Waals surface area contributed by atoms with Crippen molar-refractivity contribution in [2.75, 3.05) is 6.61 Å². The number of unbranched alkanes of at least 4 members (excludes halogenated alkanes) is 12. The van der Waals surface area contributed by atoms with Gasteiger partial charge in [0.1, 0.15) is 4.84 Å². The van der Waals surface area contributed by atoms with E-state index >= 15 is 0 Å². The van der Waals surface area contributed by atoms with Gasteiger partial charge in [0.05, 0.1) is 6.61 Å². The Morgan fingerprint density at radius 1 is 0.783 bits per heavy atom. The second-order valence-corrected chi connectivity index (χ2v) is 7.67. The van der Waals surface area contributed by atoms with Crippen molar-refractivity contribution in [3.05, 3.63) is 0 Å². The van der Waals surface area contributed by atoms with Gasteiger partial charge in [0.15, 0.2) is 0 Å². The van der Waals surface area contributed by atoms with Crippen molar-refractivity contribution in [1.82, 2.24) is 0 Å². The van der Waals surface area contributed by atoms with Gasteiger partial charge in [-0.1, -0.05) is 84.0 Å². The fourth-order valence-corrected chi connectivity index (χ4v) is 2.80. The number of rotatable bonds is 17. The molecule has 0 rings (SSSR count). The first-order valence-corrected chi connectivity index (χ1v) is 10.5. The number of ether oxygens (including phenoxy) is 1. The molecule has 0 unspecified atom stereocenters. The molecule has 0 aliphatic carbocycles. The quantitative estimate of drug-likeness (QED) is 0.154. The molecule has 0 atom stereocenters. The van der Waals surface area contributed by atoms with Crippen molar-refractivity contribution in [2.45, 2.75) is 108 Å². The van der Waals surface area contributed by atoms with Crippen LogP contribution in [0.2, 0.25) is 0 Å². The monoisotopic (exact) mass is 366 g/mol. The second-order valence-electron chi connectivity index (χ2n) is 6.39. The molecule has 0 aliphatic rings. The molecule has 0 aromatic rings. The minimum atomic E-state index is -0.445. The van der Waals surface area contributed by atoms with E-state index in [9.17, 15) is 4.79 Å². The zero-order valence-corrected chi connectivity index (χ0v) is 16.5. The van der Waals surface area contributed by atoms with Gasteiger partial charge in [-0.25, -0.2) is 0 Å². The highest BCUT2D eigenvalue weighted by Gasteiger charge is 2.04.